The molecular formula is C16H17NO2. The molecule has 3 nitrogen and oxygen atoms in total. The second-order valence-electron chi connectivity index (χ2n) is 4.86. The summed E-state index contributed by atoms with van der Waals surface area (Å²) in [4.78, 5) is 0. The summed E-state index contributed by atoms with van der Waals surface area (Å²) < 4.78 is 11.6. The van der Waals surface area contributed by atoms with Crippen molar-refractivity contribution in [1.82, 2.24) is 5.32 Å². The lowest BCUT2D eigenvalue weighted by atomic mass is 10.1. The average molecular weight is 255 g/mol. The van der Waals surface area contributed by atoms with E-state index in [9.17, 15) is 0 Å². The summed E-state index contributed by atoms with van der Waals surface area (Å²) in [6.45, 7) is 4.02. The highest BCUT2D eigenvalue weighted by Gasteiger charge is 2.19. The molecule has 0 bridgehead atoms. The molecule has 0 spiro atoms. The Morgan fingerprint density at radius 1 is 0.947 bits per heavy atom. The quantitative estimate of drug-likeness (QED) is 0.770. The Morgan fingerprint density at radius 3 is 2.47 bits per heavy atom. The van der Waals surface area contributed by atoms with Gasteiger partial charge in [0.1, 0.15) is 28.9 Å². The standard InChI is InChI=1S/C16H17NO2/c1-10-4-6-13-12(8-10)9-15(19-13)16(17-3)14-7-5-11(2)18-14/h4-9,16-17H,1-3H3. The van der Waals surface area contributed by atoms with E-state index in [2.05, 4.69) is 30.4 Å². The van der Waals surface area contributed by atoms with E-state index >= 15 is 0 Å². The molecule has 1 N–H and O–H groups in total. The van der Waals surface area contributed by atoms with Crippen LogP contribution in [0.4, 0.5) is 0 Å². The van der Waals surface area contributed by atoms with E-state index in [0.717, 1.165) is 28.2 Å². The van der Waals surface area contributed by atoms with Crippen molar-refractivity contribution in [1.29, 1.82) is 0 Å². The van der Waals surface area contributed by atoms with Crippen LogP contribution in [-0.4, -0.2) is 7.05 Å². The lowest BCUT2D eigenvalue weighted by Crippen LogP contribution is -2.16. The Hall–Kier alpha value is -2.00. The monoisotopic (exact) mass is 255 g/mol. The van der Waals surface area contributed by atoms with Crippen LogP contribution in [0.25, 0.3) is 11.0 Å². The molecule has 0 aliphatic rings. The van der Waals surface area contributed by atoms with Crippen LogP contribution in [-0.2, 0) is 0 Å². The van der Waals surface area contributed by atoms with E-state index in [1.54, 1.807) is 0 Å². The molecule has 0 radical (unpaired) electrons. The van der Waals surface area contributed by atoms with E-state index in [1.807, 2.05) is 32.2 Å². The molecule has 2 heterocycles. The Morgan fingerprint density at radius 2 is 1.79 bits per heavy atom. The summed E-state index contributed by atoms with van der Waals surface area (Å²) in [6.07, 6.45) is 0. The second-order valence-corrected chi connectivity index (χ2v) is 4.86. The minimum atomic E-state index is -0.0543. The predicted molar refractivity (Wildman–Crippen MR) is 75.3 cm³/mol. The van der Waals surface area contributed by atoms with Gasteiger partial charge in [0.05, 0.1) is 0 Å². The first-order valence-electron chi connectivity index (χ1n) is 6.41. The number of nitrogens with one attached hydrogen (secondary N) is 1. The first kappa shape index (κ1) is 12.1. The molecule has 1 atom stereocenters. The second kappa shape index (κ2) is 4.59. The van der Waals surface area contributed by atoms with Crippen LogP contribution in [0, 0.1) is 13.8 Å². The maximum Gasteiger partial charge on any atom is 0.134 e. The molecule has 0 fully saturated rings. The molecule has 0 aliphatic carbocycles. The predicted octanol–water partition coefficient (Wildman–Crippen LogP) is 3.95. The SMILES string of the molecule is CNC(c1ccc(C)o1)c1cc2cc(C)ccc2o1. The molecule has 0 saturated heterocycles. The Balaban J connectivity index is 2.06. The first-order chi connectivity index (χ1) is 9.17. The summed E-state index contributed by atoms with van der Waals surface area (Å²) in [5.41, 5.74) is 2.14. The van der Waals surface area contributed by atoms with Crippen molar-refractivity contribution >= 4 is 11.0 Å². The molecule has 19 heavy (non-hydrogen) atoms. The lowest BCUT2D eigenvalue weighted by molar-refractivity contribution is 0.404. The fourth-order valence-electron chi connectivity index (χ4n) is 2.36. The van der Waals surface area contributed by atoms with Gasteiger partial charge >= 0.3 is 0 Å². The van der Waals surface area contributed by atoms with Gasteiger partial charge in [-0.2, -0.15) is 0 Å². The summed E-state index contributed by atoms with van der Waals surface area (Å²) in [5.74, 6) is 2.65. The number of hydrogen-bond acceptors (Lipinski definition) is 3. The molecule has 98 valence electrons. The normalized spacial score (nSPS) is 13.0. The minimum absolute atomic E-state index is 0.0543. The molecule has 1 aromatic carbocycles. The number of hydrogen-bond donors (Lipinski definition) is 1. The van der Waals surface area contributed by atoms with Gasteiger partial charge in [0.25, 0.3) is 0 Å². The number of fused-ring (bicyclic) bond motifs is 1. The fourth-order valence-corrected chi connectivity index (χ4v) is 2.36. The number of furan rings is 2. The minimum Gasteiger partial charge on any atom is -0.464 e. The van der Waals surface area contributed by atoms with E-state index in [-0.39, 0.29) is 6.04 Å². The maximum absolute atomic E-state index is 5.92. The largest absolute Gasteiger partial charge is 0.464 e. The maximum atomic E-state index is 5.92. The summed E-state index contributed by atoms with van der Waals surface area (Å²) in [7, 11) is 1.90. The van der Waals surface area contributed by atoms with Crippen LogP contribution in [0.1, 0.15) is 28.9 Å². The van der Waals surface area contributed by atoms with Gasteiger partial charge in [0.2, 0.25) is 0 Å². The van der Waals surface area contributed by atoms with Crippen molar-refractivity contribution in [3.63, 3.8) is 0 Å². The molecule has 3 aromatic rings. The molecular weight excluding hydrogens is 238 g/mol. The molecule has 0 aliphatic heterocycles. The van der Waals surface area contributed by atoms with Crippen LogP contribution in [0.2, 0.25) is 0 Å². The van der Waals surface area contributed by atoms with Crippen molar-refractivity contribution in [3.8, 4) is 0 Å². The Bertz CT molecular complexity index is 708. The topological polar surface area (TPSA) is 38.3 Å². The summed E-state index contributed by atoms with van der Waals surface area (Å²) in [6, 6.07) is 12.2. The highest BCUT2D eigenvalue weighted by molar-refractivity contribution is 5.78. The van der Waals surface area contributed by atoms with Crippen LogP contribution < -0.4 is 5.32 Å². The van der Waals surface area contributed by atoms with Gasteiger partial charge in [-0.25, -0.2) is 0 Å². The molecule has 2 aromatic heterocycles. The molecule has 3 rings (SSSR count). The average Bonchev–Trinajstić information content (AvgIpc) is 2.96. The van der Waals surface area contributed by atoms with Gasteiger partial charge in [-0.05, 0) is 51.2 Å². The molecule has 3 heteroatoms. The highest BCUT2D eigenvalue weighted by atomic mass is 16.4. The van der Waals surface area contributed by atoms with Crippen molar-refractivity contribution in [2.45, 2.75) is 19.9 Å². The van der Waals surface area contributed by atoms with Crippen LogP contribution in [0.5, 0.6) is 0 Å². The van der Waals surface area contributed by atoms with E-state index in [1.165, 1.54) is 5.56 Å². The third-order valence-corrected chi connectivity index (χ3v) is 3.31. The molecule has 0 amide bonds. The summed E-state index contributed by atoms with van der Waals surface area (Å²) >= 11 is 0. The highest BCUT2D eigenvalue weighted by Crippen LogP contribution is 2.29. The van der Waals surface area contributed by atoms with Gasteiger partial charge in [0, 0.05) is 5.39 Å². The zero-order valence-corrected chi connectivity index (χ0v) is 11.4. The number of benzene rings is 1. The third-order valence-electron chi connectivity index (χ3n) is 3.31. The van der Waals surface area contributed by atoms with E-state index in [0.29, 0.717) is 0 Å². The van der Waals surface area contributed by atoms with E-state index < -0.39 is 0 Å². The van der Waals surface area contributed by atoms with Crippen LogP contribution >= 0.6 is 0 Å². The Labute approximate surface area is 112 Å². The van der Waals surface area contributed by atoms with Crippen molar-refractivity contribution in [2.75, 3.05) is 7.05 Å². The van der Waals surface area contributed by atoms with Crippen molar-refractivity contribution in [3.05, 3.63) is 59.2 Å². The van der Waals surface area contributed by atoms with Crippen molar-refractivity contribution < 1.29 is 8.83 Å². The zero-order valence-electron chi connectivity index (χ0n) is 11.4. The zero-order chi connectivity index (χ0) is 13.4. The first-order valence-corrected chi connectivity index (χ1v) is 6.41. The number of rotatable bonds is 3. The Kier molecular flexibility index (Phi) is 2.91. The van der Waals surface area contributed by atoms with Gasteiger partial charge in [0.15, 0.2) is 0 Å². The van der Waals surface area contributed by atoms with Gasteiger partial charge in [-0.1, -0.05) is 11.6 Å². The third kappa shape index (κ3) is 2.17. The molecule has 1 unspecified atom stereocenters. The van der Waals surface area contributed by atoms with Gasteiger partial charge in [-0.3, -0.25) is 0 Å². The van der Waals surface area contributed by atoms with Gasteiger partial charge < -0.3 is 14.2 Å². The fraction of sp³-hybridized carbons (Fsp3) is 0.250. The summed E-state index contributed by atoms with van der Waals surface area (Å²) in [5, 5.41) is 4.36. The van der Waals surface area contributed by atoms with Crippen LogP contribution in [0.3, 0.4) is 0 Å². The van der Waals surface area contributed by atoms with E-state index in [4.69, 9.17) is 8.83 Å². The van der Waals surface area contributed by atoms with Gasteiger partial charge in [-0.15, -0.1) is 0 Å². The number of aryl methyl sites for hydroxylation is 2. The molecule has 0 saturated carbocycles. The van der Waals surface area contributed by atoms with Crippen LogP contribution in [0.15, 0.2) is 45.2 Å². The lowest BCUT2D eigenvalue weighted by Gasteiger charge is -2.10. The smallest absolute Gasteiger partial charge is 0.134 e. The van der Waals surface area contributed by atoms with Crippen molar-refractivity contribution in [2.24, 2.45) is 0 Å².